The van der Waals surface area contributed by atoms with Gasteiger partial charge in [0.2, 0.25) is 5.89 Å². The minimum atomic E-state index is 0.512. The lowest BCUT2D eigenvalue weighted by atomic mass is 10.1. The maximum absolute atomic E-state index is 5.42. The minimum absolute atomic E-state index is 0.512. The van der Waals surface area contributed by atoms with Crippen molar-refractivity contribution in [3.8, 4) is 0 Å². The molecule has 2 unspecified atom stereocenters. The SMILES string of the molecule is CCCNC(Cc1nc(CC2CCOC2)no1)C1CC1. The zero-order chi connectivity index (χ0) is 13.8. The molecule has 0 amide bonds. The average Bonchev–Trinajstić information content (AvgIpc) is 3.00. The summed E-state index contributed by atoms with van der Waals surface area (Å²) >= 11 is 0. The summed E-state index contributed by atoms with van der Waals surface area (Å²) in [5.74, 6) is 3.01. The third-order valence-electron chi connectivity index (χ3n) is 4.25. The van der Waals surface area contributed by atoms with Gasteiger partial charge in [-0.2, -0.15) is 4.98 Å². The zero-order valence-electron chi connectivity index (χ0n) is 12.3. The number of rotatable bonds is 8. The largest absolute Gasteiger partial charge is 0.381 e. The Morgan fingerprint density at radius 2 is 2.25 bits per heavy atom. The molecule has 1 aliphatic heterocycles. The Morgan fingerprint density at radius 1 is 1.35 bits per heavy atom. The number of hydrogen-bond donors (Lipinski definition) is 1. The van der Waals surface area contributed by atoms with Gasteiger partial charge in [0, 0.05) is 32.1 Å². The molecule has 1 N–H and O–H groups in total. The van der Waals surface area contributed by atoms with Crippen molar-refractivity contribution in [1.29, 1.82) is 0 Å². The first-order valence-corrected chi connectivity index (χ1v) is 7.97. The van der Waals surface area contributed by atoms with Gasteiger partial charge in [-0.25, -0.2) is 0 Å². The molecule has 2 fully saturated rings. The average molecular weight is 279 g/mol. The first-order chi connectivity index (χ1) is 9.85. The molecule has 3 rings (SSSR count). The Labute approximate surface area is 120 Å². The van der Waals surface area contributed by atoms with Crippen LogP contribution >= 0.6 is 0 Å². The molecule has 1 saturated carbocycles. The predicted molar refractivity (Wildman–Crippen MR) is 75.4 cm³/mol. The standard InChI is InChI=1S/C15H25N3O2/c1-2-6-16-13(12-3-4-12)9-15-17-14(18-20-15)8-11-5-7-19-10-11/h11-13,16H,2-10H2,1H3. The Hall–Kier alpha value is -0.940. The summed E-state index contributed by atoms with van der Waals surface area (Å²) in [7, 11) is 0. The molecule has 2 heterocycles. The van der Waals surface area contributed by atoms with Crippen molar-refractivity contribution >= 4 is 0 Å². The molecule has 5 nitrogen and oxygen atoms in total. The molecule has 0 bridgehead atoms. The molecule has 2 aliphatic rings. The van der Waals surface area contributed by atoms with Crippen molar-refractivity contribution in [3.63, 3.8) is 0 Å². The highest BCUT2D eigenvalue weighted by Gasteiger charge is 2.32. The van der Waals surface area contributed by atoms with Crippen molar-refractivity contribution in [2.45, 2.75) is 51.5 Å². The van der Waals surface area contributed by atoms with Crippen LogP contribution in [0.2, 0.25) is 0 Å². The van der Waals surface area contributed by atoms with Gasteiger partial charge >= 0.3 is 0 Å². The minimum Gasteiger partial charge on any atom is -0.381 e. The van der Waals surface area contributed by atoms with E-state index in [1.807, 2.05) is 0 Å². The maximum Gasteiger partial charge on any atom is 0.228 e. The molecule has 1 aliphatic carbocycles. The summed E-state index contributed by atoms with van der Waals surface area (Å²) in [6.07, 6.45) is 6.72. The van der Waals surface area contributed by atoms with Crippen molar-refractivity contribution in [1.82, 2.24) is 15.5 Å². The fourth-order valence-corrected chi connectivity index (χ4v) is 2.88. The van der Waals surface area contributed by atoms with Crippen LogP contribution in [-0.4, -0.2) is 35.9 Å². The van der Waals surface area contributed by atoms with Crippen LogP contribution in [0.5, 0.6) is 0 Å². The predicted octanol–water partition coefficient (Wildman–Crippen LogP) is 1.97. The molecule has 1 saturated heterocycles. The Morgan fingerprint density at radius 3 is 2.95 bits per heavy atom. The van der Waals surface area contributed by atoms with Crippen LogP contribution in [0.15, 0.2) is 4.52 Å². The van der Waals surface area contributed by atoms with Gasteiger partial charge in [-0.15, -0.1) is 0 Å². The molecule has 1 aromatic heterocycles. The number of ether oxygens (including phenoxy) is 1. The van der Waals surface area contributed by atoms with Gasteiger partial charge in [0.15, 0.2) is 5.82 Å². The first kappa shape index (κ1) is 14.0. The van der Waals surface area contributed by atoms with E-state index in [9.17, 15) is 0 Å². The van der Waals surface area contributed by atoms with E-state index < -0.39 is 0 Å². The molecule has 20 heavy (non-hydrogen) atoms. The number of aromatic nitrogens is 2. The number of nitrogens with zero attached hydrogens (tertiary/aromatic N) is 2. The number of nitrogens with one attached hydrogen (secondary N) is 1. The van der Waals surface area contributed by atoms with E-state index >= 15 is 0 Å². The summed E-state index contributed by atoms with van der Waals surface area (Å²) in [6.45, 7) is 4.99. The normalized spacial score (nSPS) is 24.1. The van der Waals surface area contributed by atoms with Crippen molar-refractivity contribution in [3.05, 3.63) is 11.7 Å². The third kappa shape index (κ3) is 3.79. The molecular weight excluding hydrogens is 254 g/mol. The van der Waals surface area contributed by atoms with Gasteiger partial charge in [-0.1, -0.05) is 12.1 Å². The second-order valence-electron chi connectivity index (χ2n) is 6.14. The third-order valence-corrected chi connectivity index (χ3v) is 4.25. The Kier molecular flexibility index (Phi) is 4.68. The van der Waals surface area contributed by atoms with Crippen molar-refractivity contribution in [2.75, 3.05) is 19.8 Å². The van der Waals surface area contributed by atoms with Gasteiger partial charge in [0.1, 0.15) is 0 Å². The summed E-state index contributed by atoms with van der Waals surface area (Å²) in [6, 6.07) is 0.512. The van der Waals surface area contributed by atoms with Gasteiger partial charge in [-0.05, 0) is 44.1 Å². The summed E-state index contributed by atoms with van der Waals surface area (Å²) in [4.78, 5) is 4.56. The van der Waals surface area contributed by atoms with E-state index in [1.165, 1.54) is 19.3 Å². The topological polar surface area (TPSA) is 60.2 Å². The summed E-state index contributed by atoms with van der Waals surface area (Å²) in [5, 5.41) is 7.74. The van der Waals surface area contributed by atoms with Gasteiger partial charge < -0.3 is 14.6 Å². The molecule has 112 valence electrons. The lowest BCUT2D eigenvalue weighted by Gasteiger charge is -2.15. The van der Waals surface area contributed by atoms with Gasteiger partial charge in [0.05, 0.1) is 0 Å². The smallest absolute Gasteiger partial charge is 0.228 e. The lowest BCUT2D eigenvalue weighted by molar-refractivity contribution is 0.185. The van der Waals surface area contributed by atoms with Crippen LogP contribution in [0.4, 0.5) is 0 Å². The molecule has 0 radical (unpaired) electrons. The number of hydrogen-bond acceptors (Lipinski definition) is 5. The van der Waals surface area contributed by atoms with Gasteiger partial charge in [0.25, 0.3) is 0 Å². The van der Waals surface area contributed by atoms with Crippen LogP contribution in [0, 0.1) is 11.8 Å². The fourth-order valence-electron chi connectivity index (χ4n) is 2.88. The van der Waals surface area contributed by atoms with Crippen LogP contribution < -0.4 is 5.32 Å². The second kappa shape index (κ2) is 6.68. The van der Waals surface area contributed by atoms with E-state index in [2.05, 4.69) is 22.4 Å². The summed E-state index contributed by atoms with van der Waals surface area (Å²) < 4.78 is 10.8. The van der Waals surface area contributed by atoms with E-state index in [0.29, 0.717) is 12.0 Å². The molecule has 2 atom stereocenters. The van der Waals surface area contributed by atoms with Crippen LogP contribution in [0.25, 0.3) is 0 Å². The van der Waals surface area contributed by atoms with Crippen LogP contribution in [0.3, 0.4) is 0 Å². The first-order valence-electron chi connectivity index (χ1n) is 7.97. The summed E-state index contributed by atoms with van der Waals surface area (Å²) in [5.41, 5.74) is 0. The fraction of sp³-hybridized carbons (Fsp3) is 0.867. The molecule has 5 heteroatoms. The molecular formula is C15H25N3O2. The molecule has 0 aromatic carbocycles. The van der Waals surface area contributed by atoms with Crippen molar-refractivity contribution in [2.24, 2.45) is 11.8 Å². The van der Waals surface area contributed by atoms with Crippen molar-refractivity contribution < 1.29 is 9.26 Å². The van der Waals surface area contributed by atoms with Crippen LogP contribution in [0.1, 0.15) is 44.3 Å². The highest BCUT2D eigenvalue weighted by molar-refractivity contribution is 4.96. The second-order valence-corrected chi connectivity index (χ2v) is 6.14. The lowest BCUT2D eigenvalue weighted by Crippen LogP contribution is -2.33. The highest BCUT2D eigenvalue weighted by Crippen LogP contribution is 2.34. The maximum atomic E-state index is 5.42. The van der Waals surface area contributed by atoms with E-state index in [-0.39, 0.29) is 0 Å². The van der Waals surface area contributed by atoms with E-state index in [1.54, 1.807) is 0 Å². The Balaban J connectivity index is 1.52. The van der Waals surface area contributed by atoms with Crippen LogP contribution in [-0.2, 0) is 17.6 Å². The Bertz CT molecular complexity index is 411. The van der Waals surface area contributed by atoms with E-state index in [4.69, 9.17) is 9.26 Å². The van der Waals surface area contributed by atoms with E-state index in [0.717, 1.165) is 56.7 Å². The molecule has 1 aromatic rings. The quantitative estimate of drug-likeness (QED) is 0.788. The van der Waals surface area contributed by atoms with Gasteiger partial charge in [-0.3, -0.25) is 0 Å². The highest BCUT2D eigenvalue weighted by atomic mass is 16.5. The zero-order valence-corrected chi connectivity index (χ0v) is 12.3. The molecule has 0 spiro atoms. The monoisotopic (exact) mass is 279 g/mol.